The molecule has 0 saturated carbocycles. The van der Waals surface area contributed by atoms with Gasteiger partial charge in [0.25, 0.3) is 0 Å². The summed E-state index contributed by atoms with van der Waals surface area (Å²) < 4.78 is 13.3. The first-order valence-electron chi connectivity index (χ1n) is 5.69. The normalized spacial score (nSPS) is 13.6. The first-order chi connectivity index (χ1) is 8.52. The molecule has 0 fully saturated rings. The van der Waals surface area contributed by atoms with Gasteiger partial charge in [0, 0.05) is 12.1 Å². The topological polar surface area (TPSA) is 90.9 Å². The van der Waals surface area contributed by atoms with Crippen molar-refractivity contribution in [2.45, 2.75) is 26.0 Å². The average molecular weight is 255 g/mol. The van der Waals surface area contributed by atoms with Crippen LogP contribution in [0.25, 0.3) is 0 Å². The number of hydrogen-bond acceptors (Lipinski definition) is 4. The number of nitrogens with zero attached hydrogens (tertiary/aromatic N) is 1. The minimum absolute atomic E-state index is 0.125. The third-order valence-electron chi connectivity index (χ3n) is 2.43. The maximum Gasteiger partial charge on any atom is 0.170 e. The molecule has 0 heterocycles. The summed E-state index contributed by atoms with van der Waals surface area (Å²) in [5.74, 6) is -0.564. The maximum absolute atomic E-state index is 13.3. The predicted octanol–water partition coefficient (Wildman–Crippen LogP) is 0.781. The molecular weight excluding hydrogens is 237 g/mol. The Morgan fingerprint density at radius 3 is 2.83 bits per heavy atom. The second-order valence-corrected chi connectivity index (χ2v) is 4.15. The molecule has 0 saturated heterocycles. The third kappa shape index (κ3) is 4.68. The van der Waals surface area contributed by atoms with Gasteiger partial charge >= 0.3 is 0 Å². The third-order valence-corrected chi connectivity index (χ3v) is 2.43. The van der Waals surface area contributed by atoms with Crippen molar-refractivity contribution in [3.05, 3.63) is 35.1 Å². The van der Waals surface area contributed by atoms with Gasteiger partial charge in [0.1, 0.15) is 5.82 Å². The van der Waals surface area contributed by atoms with Gasteiger partial charge in [-0.05, 0) is 43.7 Å². The van der Waals surface area contributed by atoms with Crippen LogP contribution in [-0.2, 0) is 6.54 Å². The molecule has 0 aliphatic heterocycles. The van der Waals surface area contributed by atoms with E-state index >= 15 is 0 Å². The van der Waals surface area contributed by atoms with Crippen molar-refractivity contribution in [1.29, 1.82) is 0 Å². The Labute approximate surface area is 105 Å². The van der Waals surface area contributed by atoms with Gasteiger partial charge in [0.15, 0.2) is 5.84 Å². The zero-order valence-electron chi connectivity index (χ0n) is 10.2. The van der Waals surface area contributed by atoms with E-state index < -0.39 is 5.82 Å². The zero-order chi connectivity index (χ0) is 13.5. The Morgan fingerprint density at radius 1 is 1.50 bits per heavy atom. The molecule has 1 rings (SSSR count). The van der Waals surface area contributed by atoms with E-state index in [1.807, 2.05) is 0 Å². The van der Waals surface area contributed by atoms with Crippen molar-refractivity contribution in [3.63, 3.8) is 0 Å². The molecule has 5 N–H and O–H groups in total. The van der Waals surface area contributed by atoms with Crippen molar-refractivity contribution >= 4 is 5.84 Å². The van der Waals surface area contributed by atoms with Crippen LogP contribution < -0.4 is 11.1 Å². The molecule has 0 bridgehead atoms. The van der Waals surface area contributed by atoms with E-state index in [0.29, 0.717) is 30.6 Å². The van der Waals surface area contributed by atoms with E-state index in [2.05, 4.69) is 10.5 Å². The Morgan fingerprint density at radius 2 is 2.22 bits per heavy atom. The molecule has 1 unspecified atom stereocenters. The lowest BCUT2D eigenvalue weighted by atomic mass is 10.1. The average Bonchev–Trinajstić information content (AvgIpc) is 2.32. The van der Waals surface area contributed by atoms with E-state index in [4.69, 9.17) is 16.0 Å². The van der Waals surface area contributed by atoms with E-state index in [1.165, 1.54) is 12.1 Å². The molecule has 1 atom stereocenters. The van der Waals surface area contributed by atoms with E-state index in [1.54, 1.807) is 13.0 Å². The molecule has 0 spiro atoms. The molecule has 0 aromatic heterocycles. The van der Waals surface area contributed by atoms with Crippen molar-refractivity contribution < 1.29 is 14.7 Å². The smallest absolute Gasteiger partial charge is 0.170 e. The fourth-order valence-corrected chi connectivity index (χ4v) is 1.50. The summed E-state index contributed by atoms with van der Waals surface area (Å²) in [6.45, 7) is 2.80. The van der Waals surface area contributed by atoms with E-state index in [0.717, 1.165) is 0 Å². The summed E-state index contributed by atoms with van der Waals surface area (Å²) in [6.07, 6.45) is 0.264. The molecule has 100 valence electrons. The van der Waals surface area contributed by atoms with Gasteiger partial charge in [-0.15, -0.1) is 0 Å². The van der Waals surface area contributed by atoms with Crippen LogP contribution in [0, 0.1) is 5.82 Å². The number of aliphatic hydroxyl groups excluding tert-OH is 1. The Kier molecular flexibility index (Phi) is 5.54. The SMILES string of the molecule is CC(O)CCNCc1cc(F)cc(/C(N)=N/O)c1. The van der Waals surface area contributed by atoms with Gasteiger partial charge in [-0.1, -0.05) is 5.16 Å². The number of nitrogens with two attached hydrogens (primary N) is 1. The van der Waals surface area contributed by atoms with Gasteiger partial charge in [-0.3, -0.25) is 0 Å². The highest BCUT2D eigenvalue weighted by atomic mass is 19.1. The number of nitrogens with one attached hydrogen (secondary N) is 1. The fourth-order valence-electron chi connectivity index (χ4n) is 1.50. The minimum atomic E-state index is -0.438. The molecule has 0 amide bonds. The quantitative estimate of drug-likeness (QED) is 0.199. The molecule has 18 heavy (non-hydrogen) atoms. The summed E-state index contributed by atoms with van der Waals surface area (Å²) >= 11 is 0. The van der Waals surface area contributed by atoms with E-state index in [9.17, 15) is 4.39 Å². The number of rotatable bonds is 6. The lowest BCUT2D eigenvalue weighted by Crippen LogP contribution is -2.19. The van der Waals surface area contributed by atoms with Gasteiger partial charge in [-0.2, -0.15) is 0 Å². The second-order valence-electron chi connectivity index (χ2n) is 4.15. The molecule has 0 aliphatic rings. The van der Waals surface area contributed by atoms with Gasteiger partial charge < -0.3 is 21.4 Å². The Hall–Kier alpha value is -1.66. The van der Waals surface area contributed by atoms with Crippen molar-refractivity contribution in [2.75, 3.05) is 6.54 Å². The highest BCUT2D eigenvalue weighted by Gasteiger charge is 2.05. The van der Waals surface area contributed by atoms with Gasteiger partial charge in [-0.25, -0.2) is 4.39 Å². The molecular formula is C12H18FN3O2. The molecule has 1 aromatic rings. The van der Waals surface area contributed by atoms with Crippen molar-refractivity contribution in [2.24, 2.45) is 10.9 Å². The fraction of sp³-hybridized carbons (Fsp3) is 0.417. The second kappa shape index (κ2) is 6.93. The Bertz CT molecular complexity index is 422. The number of oxime groups is 1. The van der Waals surface area contributed by atoms with Crippen molar-refractivity contribution in [1.82, 2.24) is 5.32 Å². The molecule has 0 radical (unpaired) electrons. The monoisotopic (exact) mass is 255 g/mol. The highest BCUT2D eigenvalue weighted by molar-refractivity contribution is 5.97. The van der Waals surface area contributed by atoms with Crippen LogP contribution in [-0.4, -0.2) is 28.8 Å². The Balaban J connectivity index is 2.63. The summed E-state index contributed by atoms with van der Waals surface area (Å²) in [6, 6.07) is 4.23. The molecule has 1 aromatic carbocycles. The summed E-state index contributed by atoms with van der Waals surface area (Å²) in [4.78, 5) is 0. The van der Waals surface area contributed by atoms with Crippen LogP contribution >= 0.6 is 0 Å². The lowest BCUT2D eigenvalue weighted by molar-refractivity contribution is 0.183. The van der Waals surface area contributed by atoms with Crippen molar-refractivity contribution in [3.8, 4) is 0 Å². The number of aliphatic hydroxyl groups is 1. The van der Waals surface area contributed by atoms with Crippen LogP contribution in [0.4, 0.5) is 4.39 Å². The summed E-state index contributed by atoms with van der Waals surface area (Å²) in [5, 5.41) is 23.5. The molecule has 5 nitrogen and oxygen atoms in total. The number of amidine groups is 1. The van der Waals surface area contributed by atoms with Crippen LogP contribution in [0.3, 0.4) is 0 Å². The maximum atomic E-state index is 13.3. The standard InChI is InChI=1S/C12H18FN3O2/c1-8(17)2-3-15-7-9-4-10(12(14)16-18)6-11(13)5-9/h4-6,8,15,17-18H,2-3,7H2,1H3,(H2,14,16). The number of benzene rings is 1. The summed E-state index contributed by atoms with van der Waals surface area (Å²) in [7, 11) is 0. The van der Waals surface area contributed by atoms with Crippen LogP contribution in [0.2, 0.25) is 0 Å². The first-order valence-corrected chi connectivity index (χ1v) is 5.69. The predicted molar refractivity (Wildman–Crippen MR) is 66.9 cm³/mol. The van der Waals surface area contributed by atoms with Gasteiger partial charge in [0.2, 0.25) is 0 Å². The molecule has 0 aliphatic carbocycles. The van der Waals surface area contributed by atoms with Crippen LogP contribution in [0.15, 0.2) is 23.4 Å². The number of halogens is 1. The lowest BCUT2D eigenvalue weighted by Gasteiger charge is -2.08. The summed E-state index contributed by atoms with van der Waals surface area (Å²) in [5.41, 5.74) is 6.44. The number of hydrogen-bond donors (Lipinski definition) is 4. The highest BCUT2D eigenvalue weighted by Crippen LogP contribution is 2.09. The largest absolute Gasteiger partial charge is 0.409 e. The van der Waals surface area contributed by atoms with Gasteiger partial charge in [0.05, 0.1) is 6.10 Å². The molecule has 6 heteroatoms. The van der Waals surface area contributed by atoms with E-state index in [-0.39, 0.29) is 11.9 Å². The first kappa shape index (κ1) is 14.4. The minimum Gasteiger partial charge on any atom is -0.409 e. The van der Waals surface area contributed by atoms with Crippen LogP contribution in [0.5, 0.6) is 0 Å². The van der Waals surface area contributed by atoms with Crippen LogP contribution in [0.1, 0.15) is 24.5 Å². The zero-order valence-corrected chi connectivity index (χ0v) is 10.2.